The first-order valence-electron chi connectivity index (χ1n) is 7.81. The molecule has 132 valence electrons. The molecule has 2 aromatic carbocycles. The van der Waals surface area contributed by atoms with Crippen LogP contribution in [0.3, 0.4) is 0 Å². The summed E-state index contributed by atoms with van der Waals surface area (Å²) in [6, 6.07) is 12.5. The monoisotopic (exact) mass is 371 g/mol. The second-order valence-electron chi connectivity index (χ2n) is 5.50. The van der Waals surface area contributed by atoms with Gasteiger partial charge in [-0.25, -0.2) is 4.39 Å². The molecule has 0 saturated carbocycles. The largest absolute Gasteiger partial charge is 0.337 e. The van der Waals surface area contributed by atoms with Gasteiger partial charge < -0.3 is 9.42 Å². The van der Waals surface area contributed by atoms with Crippen LogP contribution in [0.15, 0.2) is 65.7 Å². The molecule has 0 bridgehead atoms. The Morgan fingerprint density at radius 1 is 1.27 bits per heavy atom. The van der Waals surface area contributed by atoms with Gasteiger partial charge in [-0.3, -0.25) is 4.79 Å². The van der Waals surface area contributed by atoms with Crippen LogP contribution in [-0.4, -0.2) is 27.5 Å². The minimum Gasteiger partial charge on any atom is -0.337 e. The van der Waals surface area contributed by atoms with Crippen molar-refractivity contribution in [3.05, 3.63) is 83.5 Å². The molecular formula is C19H15ClFN3O2. The highest BCUT2D eigenvalue weighted by Crippen LogP contribution is 2.19. The second kappa shape index (κ2) is 7.93. The van der Waals surface area contributed by atoms with Gasteiger partial charge in [0.1, 0.15) is 12.4 Å². The molecule has 3 rings (SSSR count). The lowest BCUT2D eigenvalue weighted by Crippen LogP contribution is -2.30. The number of hydrogen-bond donors (Lipinski definition) is 0. The molecule has 0 aliphatic carbocycles. The summed E-state index contributed by atoms with van der Waals surface area (Å²) in [5, 5.41) is 4.53. The molecular weight excluding hydrogens is 357 g/mol. The zero-order valence-corrected chi connectivity index (χ0v) is 14.5. The van der Waals surface area contributed by atoms with Crippen LogP contribution in [-0.2, 0) is 6.54 Å². The van der Waals surface area contributed by atoms with Crippen LogP contribution in [0, 0.1) is 5.82 Å². The Morgan fingerprint density at radius 3 is 2.73 bits per heavy atom. The van der Waals surface area contributed by atoms with Crippen molar-refractivity contribution in [2.75, 3.05) is 6.54 Å². The number of hydrogen-bond acceptors (Lipinski definition) is 4. The lowest BCUT2D eigenvalue weighted by atomic mass is 10.2. The van der Waals surface area contributed by atoms with E-state index in [0.29, 0.717) is 10.8 Å². The van der Waals surface area contributed by atoms with Crippen molar-refractivity contribution in [3.8, 4) is 11.4 Å². The predicted octanol–water partition coefficient (Wildman–Crippen LogP) is 4.36. The molecule has 7 heteroatoms. The zero-order chi connectivity index (χ0) is 18.5. The normalized spacial score (nSPS) is 10.5. The first kappa shape index (κ1) is 17.8. The van der Waals surface area contributed by atoms with Crippen LogP contribution in [0.4, 0.5) is 4.39 Å². The highest BCUT2D eigenvalue weighted by atomic mass is 35.5. The number of carbonyl (C=O) groups is 1. The summed E-state index contributed by atoms with van der Waals surface area (Å²) < 4.78 is 18.6. The van der Waals surface area contributed by atoms with E-state index in [4.69, 9.17) is 16.1 Å². The van der Waals surface area contributed by atoms with Crippen molar-refractivity contribution < 1.29 is 13.7 Å². The van der Waals surface area contributed by atoms with Gasteiger partial charge in [0.25, 0.3) is 5.91 Å². The van der Waals surface area contributed by atoms with E-state index in [1.807, 2.05) is 0 Å². The molecule has 0 radical (unpaired) electrons. The molecule has 0 unspecified atom stereocenters. The molecule has 26 heavy (non-hydrogen) atoms. The summed E-state index contributed by atoms with van der Waals surface area (Å²) in [5.41, 5.74) is 0.986. The summed E-state index contributed by atoms with van der Waals surface area (Å²) in [5.74, 6) is -0.164. The molecule has 0 fully saturated rings. The van der Waals surface area contributed by atoms with Crippen LogP contribution in [0.1, 0.15) is 16.2 Å². The third kappa shape index (κ3) is 4.15. The molecule has 0 saturated heterocycles. The Morgan fingerprint density at radius 2 is 2.04 bits per heavy atom. The van der Waals surface area contributed by atoms with E-state index in [2.05, 4.69) is 16.7 Å². The Balaban J connectivity index is 1.79. The molecule has 1 aromatic heterocycles. The van der Waals surface area contributed by atoms with Gasteiger partial charge >= 0.3 is 0 Å². The summed E-state index contributed by atoms with van der Waals surface area (Å²) in [6.45, 7) is 3.99. The average Bonchev–Trinajstić information content (AvgIpc) is 3.10. The van der Waals surface area contributed by atoms with E-state index in [9.17, 15) is 9.18 Å². The fourth-order valence-electron chi connectivity index (χ4n) is 2.38. The summed E-state index contributed by atoms with van der Waals surface area (Å²) in [6.07, 6.45) is 1.58. The molecule has 3 aromatic rings. The van der Waals surface area contributed by atoms with E-state index in [1.54, 1.807) is 36.4 Å². The molecule has 0 N–H and O–H groups in total. The van der Waals surface area contributed by atoms with Crippen LogP contribution < -0.4 is 0 Å². The van der Waals surface area contributed by atoms with Crippen molar-refractivity contribution in [2.45, 2.75) is 6.54 Å². The second-order valence-corrected chi connectivity index (χ2v) is 5.94. The first-order chi connectivity index (χ1) is 12.6. The smallest absolute Gasteiger partial charge is 0.254 e. The molecule has 0 spiro atoms. The molecule has 0 atom stereocenters. The van der Waals surface area contributed by atoms with Gasteiger partial charge in [-0.2, -0.15) is 4.98 Å². The molecule has 0 aliphatic heterocycles. The quantitative estimate of drug-likeness (QED) is 0.604. The number of amides is 1. The van der Waals surface area contributed by atoms with Gasteiger partial charge in [0.05, 0.1) is 0 Å². The van der Waals surface area contributed by atoms with Gasteiger partial charge in [-0.1, -0.05) is 28.9 Å². The molecule has 0 aliphatic rings. The van der Waals surface area contributed by atoms with Gasteiger partial charge in [-0.05, 0) is 42.5 Å². The van der Waals surface area contributed by atoms with E-state index in [1.165, 1.54) is 23.1 Å². The van der Waals surface area contributed by atoms with Crippen LogP contribution in [0.25, 0.3) is 11.4 Å². The maximum absolute atomic E-state index is 13.4. The van der Waals surface area contributed by atoms with Gasteiger partial charge in [0, 0.05) is 22.7 Å². The fraction of sp³-hybridized carbons (Fsp3) is 0.105. The highest BCUT2D eigenvalue weighted by molar-refractivity contribution is 6.30. The summed E-state index contributed by atoms with van der Waals surface area (Å²) >= 11 is 5.87. The average molecular weight is 372 g/mol. The van der Waals surface area contributed by atoms with Crippen molar-refractivity contribution in [2.24, 2.45) is 0 Å². The van der Waals surface area contributed by atoms with Crippen molar-refractivity contribution in [1.29, 1.82) is 0 Å². The number of carbonyl (C=O) groups excluding carboxylic acids is 1. The number of rotatable bonds is 6. The Kier molecular flexibility index (Phi) is 5.43. The number of halogens is 2. The minimum absolute atomic E-state index is 0.0853. The highest BCUT2D eigenvalue weighted by Gasteiger charge is 2.19. The molecule has 1 heterocycles. The first-order valence-corrected chi connectivity index (χ1v) is 8.19. The van der Waals surface area contributed by atoms with Gasteiger partial charge in [0.2, 0.25) is 11.7 Å². The summed E-state index contributed by atoms with van der Waals surface area (Å²) in [4.78, 5) is 18.4. The minimum atomic E-state index is -0.475. The lowest BCUT2D eigenvalue weighted by Gasteiger charge is -2.19. The Labute approximate surface area is 154 Å². The standard InChI is InChI=1S/C19H15ClFN3O2/c1-2-10-24(19(25)14-4-3-5-16(21)11-14)12-17-22-18(23-26-17)13-6-8-15(20)9-7-13/h2-9,11H,1,10,12H2. The topological polar surface area (TPSA) is 59.2 Å². The maximum atomic E-state index is 13.4. The third-order valence-corrected chi connectivity index (χ3v) is 3.86. The van der Waals surface area contributed by atoms with Crippen LogP contribution in [0.2, 0.25) is 5.02 Å². The van der Waals surface area contributed by atoms with E-state index < -0.39 is 5.82 Å². The van der Waals surface area contributed by atoms with E-state index >= 15 is 0 Å². The number of aromatic nitrogens is 2. The fourth-order valence-corrected chi connectivity index (χ4v) is 2.50. The maximum Gasteiger partial charge on any atom is 0.254 e. The SMILES string of the molecule is C=CCN(Cc1nc(-c2ccc(Cl)cc2)no1)C(=O)c1cccc(F)c1. The van der Waals surface area contributed by atoms with Crippen LogP contribution >= 0.6 is 11.6 Å². The number of benzene rings is 2. The van der Waals surface area contributed by atoms with Gasteiger partial charge in [0.15, 0.2) is 0 Å². The molecule has 1 amide bonds. The predicted molar refractivity (Wildman–Crippen MR) is 96.1 cm³/mol. The van der Waals surface area contributed by atoms with E-state index in [-0.39, 0.29) is 30.5 Å². The van der Waals surface area contributed by atoms with Crippen LogP contribution in [0.5, 0.6) is 0 Å². The Bertz CT molecular complexity index is 925. The Hall–Kier alpha value is -2.99. The molecule has 5 nitrogen and oxygen atoms in total. The van der Waals surface area contributed by atoms with Crippen molar-refractivity contribution in [3.63, 3.8) is 0 Å². The van der Waals surface area contributed by atoms with Gasteiger partial charge in [-0.15, -0.1) is 6.58 Å². The summed E-state index contributed by atoms with van der Waals surface area (Å²) in [7, 11) is 0. The van der Waals surface area contributed by atoms with Crippen molar-refractivity contribution in [1.82, 2.24) is 15.0 Å². The number of nitrogens with zero attached hydrogens (tertiary/aromatic N) is 3. The van der Waals surface area contributed by atoms with E-state index in [0.717, 1.165) is 5.56 Å². The lowest BCUT2D eigenvalue weighted by molar-refractivity contribution is 0.0745. The van der Waals surface area contributed by atoms with Crippen molar-refractivity contribution >= 4 is 17.5 Å². The third-order valence-electron chi connectivity index (χ3n) is 3.60. The zero-order valence-electron chi connectivity index (χ0n) is 13.7.